The monoisotopic (exact) mass is 392 g/mol. The third-order valence-electron chi connectivity index (χ3n) is 6.23. The van der Waals surface area contributed by atoms with Crippen LogP contribution in [0.2, 0.25) is 0 Å². The van der Waals surface area contributed by atoms with Gasteiger partial charge < -0.3 is 15.1 Å². The molecule has 29 heavy (non-hydrogen) atoms. The Morgan fingerprint density at radius 2 is 1.79 bits per heavy atom. The lowest BCUT2D eigenvalue weighted by molar-refractivity contribution is -0.139. The first-order valence-electron chi connectivity index (χ1n) is 10.4. The number of nitrogens with one attached hydrogen (secondary N) is 1. The molecule has 0 saturated carbocycles. The van der Waals surface area contributed by atoms with Crippen molar-refractivity contribution >= 4 is 11.9 Å². The van der Waals surface area contributed by atoms with Crippen LogP contribution < -0.4 is 5.32 Å². The number of carbonyl (C=O) groups is 2. The molecule has 1 spiro atoms. The Hall–Kier alpha value is -2.89. The second-order valence-corrected chi connectivity index (χ2v) is 8.20. The first kappa shape index (κ1) is 19.4. The molecule has 2 aliphatic rings. The Bertz CT molecular complexity index is 832. The molecule has 1 aromatic heterocycles. The zero-order chi connectivity index (χ0) is 20.1. The largest absolute Gasteiger partial charge is 0.336 e. The quantitative estimate of drug-likeness (QED) is 0.869. The highest BCUT2D eigenvalue weighted by Gasteiger charge is 2.41. The van der Waals surface area contributed by atoms with Gasteiger partial charge in [-0.05, 0) is 42.4 Å². The predicted molar refractivity (Wildman–Crippen MR) is 111 cm³/mol. The van der Waals surface area contributed by atoms with Crippen molar-refractivity contribution in [1.82, 2.24) is 20.1 Å². The first-order valence-corrected chi connectivity index (χ1v) is 10.4. The van der Waals surface area contributed by atoms with Gasteiger partial charge in [0, 0.05) is 38.8 Å². The van der Waals surface area contributed by atoms with Crippen molar-refractivity contribution in [2.45, 2.75) is 38.8 Å². The van der Waals surface area contributed by atoms with Gasteiger partial charge in [0.05, 0.1) is 12.2 Å². The summed E-state index contributed by atoms with van der Waals surface area (Å²) in [6.07, 6.45) is 5.17. The predicted octanol–water partition coefficient (Wildman–Crippen LogP) is 3.20. The fraction of sp³-hybridized carbons (Fsp3) is 0.435. The average molecular weight is 393 g/mol. The summed E-state index contributed by atoms with van der Waals surface area (Å²) < 4.78 is 0. The van der Waals surface area contributed by atoms with E-state index in [9.17, 15) is 9.59 Å². The zero-order valence-corrected chi connectivity index (χ0v) is 16.7. The van der Waals surface area contributed by atoms with E-state index >= 15 is 0 Å². The molecule has 2 aliphatic heterocycles. The van der Waals surface area contributed by atoms with Crippen molar-refractivity contribution in [3.63, 3.8) is 0 Å². The summed E-state index contributed by atoms with van der Waals surface area (Å²) in [7, 11) is 0. The van der Waals surface area contributed by atoms with Gasteiger partial charge in [-0.25, -0.2) is 4.79 Å². The third kappa shape index (κ3) is 4.75. The van der Waals surface area contributed by atoms with E-state index in [-0.39, 0.29) is 17.4 Å². The molecular formula is C23H28N4O2. The number of benzene rings is 1. The standard InChI is InChI=1S/C23H28N4O2/c28-21-9-10-23(18-27(21)17-20-8-4-5-13-24-20)11-14-26(15-12-23)22(29)25-16-19-6-2-1-3-7-19/h1-8,13H,9-12,14-18H2,(H,25,29). The van der Waals surface area contributed by atoms with Crippen LogP contribution in [0, 0.1) is 5.41 Å². The summed E-state index contributed by atoms with van der Waals surface area (Å²) in [6, 6.07) is 15.8. The number of urea groups is 1. The molecule has 6 heteroatoms. The van der Waals surface area contributed by atoms with Crippen molar-refractivity contribution < 1.29 is 9.59 Å². The molecule has 0 bridgehead atoms. The summed E-state index contributed by atoms with van der Waals surface area (Å²) in [5.41, 5.74) is 2.15. The maximum atomic E-state index is 12.5. The molecule has 1 N–H and O–H groups in total. The van der Waals surface area contributed by atoms with E-state index in [4.69, 9.17) is 0 Å². The van der Waals surface area contributed by atoms with Crippen LogP contribution in [0.15, 0.2) is 54.7 Å². The van der Waals surface area contributed by atoms with Gasteiger partial charge in [0.15, 0.2) is 0 Å². The number of aromatic nitrogens is 1. The highest BCUT2D eigenvalue weighted by atomic mass is 16.2. The molecule has 2 saturated heterocycles. The van der Waals surface area contributed by atoms with Crippen LogP contribution in [0.5, 0.6) is 0 Å². The molecule has 2 fully saturated rings. The van der Waals surface area contributed by atoms with E-state index in [0.29, 0.717) is 19.5 Å². The summed E-state index contributed by atoms with van der Waals surface area (Å²) in [6.45, 7) is 3.37. The lowest BCUT2D eigenvalue weighted by atomic mass is 9.72. The summed E-state index contributed by atoms with van der Waals surface area (Å²) >= 11 is 0. The first-order chi connectivity index (χ1) is 14.1. The minimum absolute atomic E-state index is 0.000862. The molecule has 1 aromatic carbocycles. The molecule has 152 valence electrons. The number of hydrogen-bond acceptors (Lipinski definition) is 3. The molecule has 0 radical (unpaired) electrons. The van der Waals surface area contributed by atoms with Crippen LogP contribution in [0.1, 0.15) is 36.9 Å². The third-order valence-corrected chi connectivity index (χ3v) is 6.23. The SMILES string of the molecule is O=C1CCC2(CCN(C(=O)NCc3ccccc3)CC2)CN1Cc1ccccn1. The van der Waals surface area contributed by atoms with Gasteiger partial charge in [0.25, 0.3) is 0 Å². The minimum Gasteiger partial charge on any atom is -0.336 e. The molecule has 4 rings (SSSR count). The van der Waals surface area contributed by atoms with E-state index in [0.717, 1.165) is 50.2 Å². The van der Waals surface area contributed by atoms with Crippen LogP contribution in [-0.2, 0) is 17.9 Å². The van der Waals surface area contributed by atoms with Gasteiger partial charge in [-0.15, -0.1) is 0 Å². The maximum absolute atomic E-state index is 12.5. The summed E-state index contributed by atoms with van der Waals surface area (Å²) in [5.74, 6) is 0.212. The lowest BCUT2D eigenvalue weighted by Crippen LogP contribution is -2.53. The zero-order valence-electron chi connectivity index (χ0n) is 16.7. The van der Waals surface area contributed by atoms with E-state index < -0.39 is 0 Å². The Morgan fingerprint density at radius 3 is 2.52 bits per heavy atom. The molecule has 3 heterocycles. The Morgan fingerprint density at radius 1 is 1.03 bits per heavy atom. The Kier molecular flexibility index (Phi) is 5.79. The number of carbonyl (C=O) groups excluding carboxylic acids is 2. The number of hydrogen-bond donors (Lipinski definition) is 1. The minimum atomic E-state index is 0.000862. The number of rotatable bonds is 4. The van der Waals surface area contributed by atoms with Crippen molar-refractivity contribution in [2.24, 2.45) is 5.41 Å². The number of nitrogens with zero attached hydrogens (tertiary/aromatic N) is 3. The van der Waals surface area contributed by atoms with Gasteiger partial charge in [0.1, 0.15) is 0 Å². The second-order valence-electron chi connectivity index (χ2n) is 8.20. The summed E-state index contributed by atoms with van der Waals surface area (Å²) in [4.78, 5) is 33.2. The van der Waals surface area contributed by atoms with Crippen molar-refractivity contribution in [3.8, 4) is 0 Å². The molecule has 2 aromatic rings. The lowest BCUT2D eigenvalue weighted by Gasteiger charge is -2.47. The number of pyridine rings is 1. The van der Waals surface area contributed by atoms with Gasteiger partial charge in [0.2, 0.25) is 5.91 Å². The highest BCUT2D eigenvalue weighted by molar-refractivity contribution is 5.77. The van der Waals surface area contributed by atoms with Gasteiger partial charge >= 0.3 is 6.03 Å². The molecule has 3 amide bonds. The molecule has 6 nitrogen and oxygen atoms in total. The smallest absolute Gasteiger partial charge is 0.317 e. The number of amides is 3. The van der Waals surface area contributed by atoms with Gasteiger partial charge in [-0.2, -0.15) is 0 Å². The highest BCUT2D eigenvalue weighted by Crippen LogP contribution is 2.40. The number of likely N-dealkylation sites (tertiary alicyclic amines) is 2. The van der Waals surface area contributed by atoms with Gasteiger partial charge in [-0.3, -0.25) is 9.78 Å². The van der Waals surface area contributed by atoms with Crippen LogP contribution in [-0.4, -0.2) is 46.4 Å². The molecule has 0 atom stereocenters. The Labute approximate surface area is 171 Å². The molecule has 0 unspecified atom stereocenters. The Balaban J connectivity index is 1.30. The van der Waals surface area contributed by atoms with Crippen LogP contribution in [0.4, 0.5) is 4.79 Å². The fourth-order valence-electron chi connectivity index (χ4n) is 4.41. The normalized spacial score (nSPS) is 18.7. The van der Waals surface area contributed by atoms with Crippen molar-refractivity contribution in [1.29, 1.82) is 0 Å². The van der Waals surface area contributed by atoms with Crippen molar-refractivity contribution in [3.05, 3.63) is 66.0 Å². The van der Waals surface area contributed by atoms with E-state index in [1.54, 1.807) is 6.20 Å². The van der Waals surface area contributed by atoms with E-state index in [1.165, 1.54) is 0 Å². The van der Waals surface area contributed by atoms with Crippen LogP contribution in [0.3, 0.4) is 0 Å². The fourth-order valence-corrected chi connectivity index (χ4v) is 4.41. The van der Waals surface area contributed by atoms with E-state index in [1.807, 2.05) is 58.3 Å². The molecular weight excluding hydrogens is 364 g/mol. The van der Waals surface area contributed by atoms with Crippen LogP contribution in [0.25, 0.3) is 0 Å². The maximum Gasteiger partial charge on any atom is 0.317 e. The number of piperidine rings is 2. The topological polar surface area (TPSA) is 65.5 Å². The van der Waals surface area contributed by atoms with E-state index in [2.05, 4.69) is 10.3 Å². The van der Waals surface area contributed by atoms with Crippen LogP contribution >= 0.6 is 0 Å². The molecule has 0 aliphatic carbocycles. The second kappa shape index (κ2) is 8.64. The van der Waals surface area contributed by atoms with Crippen molar-refractivity contribution in [2.75, 3.05) is 19.6 Å². The average Bonchev–Trinajstić information content (AvgIpc) is 2.77. The summed E-state index contributed by atoms with van der Waals surface area (Å²) in [5, 5.41) is 3.02. The van der Waals surface area contributed by atoms with Gasteiger partial charge in [-0.1, -0.05) is 36.4 Å².